The van der Waals surface area contributed by atoms with Crippen molar-refractivity contribution in [2.75, 3.05) is 0 Å². The second-order valence-corrected chi connectivity index (χ2v) is 6.31. The SMILES string of the molecule is CC1(C)O[C@H]2O[C@H](C3=NO[C@@H](c4ccccc4)C3)[C@H](O)[C@H]2O1. The van der Waals surface area contributed by atoms with Gasteiger partial charge in [-0.25, -0.2) is 0 Å². The van der Waals surface area contributed by atoms with Crippen LogP contribution in [0.2, 0.25) is 0 Å². The molecule has 5 atom stereocenters. The van der Waals surface area contributed by atoms with Crippen LogP contribution >= 0.6 is 0 Å². The van der Waals surface area contributed by atoms with Crippen molar-refractivity contribution in [2.24, 2.45) is 5.16 Å². The van der Waals surface area contributed by atoms with Crippen LogP contribution < -0.4 is 0 Å². The summed E-state index contributed by atoms with van der Waals surface area (Å²) in [4.78, 5) is 5.49. The molecule has 2 fully saturated rings. The normalized spacial score (nSPS) is 39.4. The van der Waals surface area contributed by atoms with Crippen molar-refractivity contribution in [3.8, 4) is 0 Å². The molecule has 6 nitrogen and oxygen atoms in total. The summed E-state index contributed by atoms with van der Waals surface area (Å²) in [6.45, 7) is 3.61. The van der Waals surface area contributed by atoms with Crippen LogP contribution in [-0.2, 0) is 19.0 Å². The smallest absolute Gasteiger partial charge is 0.190 e. The van der Waals surface area contributed by atoms with E-state index in [2.05, 4.69) is 5.16 Å². The molecule has 4 rings (SSSR count). The van der Waals surface area contributed by atoms with Crippen LogP contribution in [0.4, 0.5) is 0 Å². The Balaban J connectivity index is 1.45. The number of aliphatic hydroxyl groups is 1. The number of rotatable bonds is 2. The summed E-state index contributed by atoms with van der Waals surface area (Å²) in [5.74, 6) is -0.734. The first kappa shape index (κ1) is 14.1. The maximum absolute atomic E-state index is 10.4. The van der Waals surface area contributed by atoms with Gasteiger partial charge in [0.05, 0.1) is 5.71 Å². The molecule has 3 heterocycles. The fraction of sp³-hybridized carbons (Fsp3) is 0.562. The first-order chi connectivity index (χ1) is 10.5. The molecule has 0 aromatic heterocycles. The molecule has 0 bridgehead atoms. The predicted octanol–water partition coefficient (Wildman–Crippen LogP) is 1.74. The molecule has 0 radical (unpaired) electrons. The number of aliphatic hydroxyl groups excluding tert-OH is 1. The van der Waals surface area contributed by atoms with Crippen LogP contribution in [-0.4, -0.2) is 41.2 Å². The molecule has 1 N–H and O–H groups in total. The molecule has 0 amide bonds. The maximum atomic E-state index is 10.4. The van der Waals surface area contributed by atoms with Crippen molar-refractivity contribution in [3.63, 3.8) is 0 Å². The second kappa shape index (κ2) is 5.03. The van der Waals surface area contributed by atoms with E-state index in [1.165, 1.54) is 0 Å². The Kier molecular flexibility index (Phi) is 3.23. The standard InChI is InChI=1S/C16H19NO5/c1-16(2)20-14-12(18)13(19-15(14)21-16)10-8-11(22-17-10)9-6-4-3-5-7-9/h3-7,11-15,18H,8H2,1-2H3/t11-,12+,13-,14-,15-/m1/s1. The van der Waals surface area contributed by atoms with Gasteiger partial charge in [0.25, 0.3) is 0 Å². The second-order valence-electron chi connectivity index (χ2n) is 6.31. The first-order valence-electron chi connectivity index (χ1n) is 7.50. The van der Waals surface area contributed by atoms with Gasteiger partial charge < -0.3 is 24.2 Å². The lowest BCUT2D eigenvalue weighted by Crippen LogP contribution is -2.38. The highest BCUT2D eigenvalue weighted by Gasteiger charge is 2.56. The van der Waals surface area contributed by atoms with Gasteiger partial charge in [-0.05, 0) is 19.4 Å². The summed E-state index contributed by atoms with van der Waals surface area (Å²) in [6, 6.07) is 9.89. The summed E-state index contributed by atoms with van der Waals surface area (Å²) in [6.07, 6.45) is -1.93. The Morgan fingerprint density at radius 3 is 2.68 bits per heavy atom. The Bertz CT molecular complexity index is 587. The van der Waals surface area contributed by atoms with Crippen molar-refractivity contribution in [1.29, 1.82) is 0 Å². The van der Waals surface area contributed by atoms with Gasteiger partial charge in [0, 0.05) is 6.42 Å². The number of nitrogens with zero attached hydrogens (tertiary/aromatic N) is 1. The Morgan fingerprint density at radius 2 is 1.95 bits per heavy atom. The zero-order valence-electron chi connectivity index (χ0n) is 12.5. The fourth-order valence-corrected chi connectivity index (χ4v) is 3.18. The van der Waals surface area contributed by atoms with E-state index < -0.39 is 30.4 Å². The van der Waals surface area contributed by atoms with Crippen LogP contribution in [0.3, 0.4) is 0 Å². The molecular weight excluding hydrogens is 286 g/mol. The number of oxime groups is 1. The predicted molar refractivity (Wildman–Crippen MR) is 77.0 cm³/mol. The average molecular weight is 305 g/mol. The van der Waals surface area contributed by atoms with Gasteiger partial charge in [-0.15, -0.1) is 0 Å². The highest BCUT2D eigenvalue weighted by Crippen LogP contribution is 2.40. The van der Waals surface area contributed by atoms with Gasteiger partial charge in [0.1, 0.15) is 18.3 Å². The van der Waals surface area contributed by atoms with Gasteiger partial charge in [-0.3, -0.25) is 0 Å². The summed E-state index contributed by atoms with van der Waals surface area (Å²) in [7, 11) is 0. The van der Waals surface area contributed by atoms with E-state index in [4.69, 9.17) is 19.0 Å². The molecule has 0 unspecified atom stereocenters. The van der Waals surface area contributed by atoms with Crippen LogP contribution in [0.5, 0.6) is 0 Å². The molecule has 3 aliphatic rings. The van der Waals surface area contributed by atoms with E-state index in [0.29, 0.717) is 12.1 Å². The number of hydrogen-bond acceptors (Lipinski definition) is 6. The molecule has 1 aromatic carbocycles. The number of ether oxygens (including phenoxy) is 3. The van der Waals surface area contributed by atoms with E-state index in [-0.39, 0.29) is 6.10 Å². The van der Waals surface area contributed by atoms with E-state index in [9.17, 15) is 5.11 Å². The summed E-state index contributed by atoms with van der Waals surface area (Å²) in [5, 5.41) is 14.6. The van der Waals surface area contributed by atoms with Crippen LogP contribution in [0.15, 0.2) is 35.5 Å². The highest BCUT2D eigenvalue weighted by molar-refractivity contribution is 5.90. The zero-order chi connectivity index (χ0) is 15.3. The highest BCUT2D eigenvalue weighted by atomic mass is 16.8. The topological polar surface area (TPSA) is 69.5 Å². The van der Waals surface area contributed by atoms with E-state index in [1.54, 1.807) is 13.8 Å². The molecule has 22 heavy (non-hydrogen) atoms. The maximum Gasteiger partial charge on any atom is 0.190 e. The van der Waals surface area contributed by atoms with Crippen molar-refractivity contribution < 1.29 is 24.2 Å². The van der Waals surface area contributed by atoms with E-state index >= 15 is 0 Å². The summed E-state index contributed by atoms with van der Waals surface area (Å²) in [5.41, 5.74) is 1.75. The van der Waals surface area contributed by atoms with Crippen LogP contribution in [0.25, 0.3) is 0 Å². The molecule has 2 saturated heterocycles. The largest absolute Gasteiger partial charge is 0.387 e. The van der Waals surface area contributed by atoms with E-state index in [0.717, 1.165) is 5.56 Å². The zero-order valence-corrected chi connectivity index (χ0v) is 12.5. The Morgan fingerprint density at radius 1 is 1.18 bits per heavy atom. The molecule has 6 heteroatoms. The molecular formula is C16H19NO5. The summed E-state index contributed by atoms with van der Waals surface area (Å²) < 4.78 is 17.1. The Hall–Kier alpha value is -1.47. The Labute approximate surface area is 128 Å². The number of benzene rings is 1. The first-order valence-corrected chi connectivity index (χ1v) is 7.50. The third kappa shape index (κ3) is 2.32. The van der Waals surface area contributed by atoms with Gasteiger partial charge in [-0.1, -0.05) is 35.5 Å². The molecule has 118 valence electrons. The quantitative estimate of drug-likeness (QED) is 0.901. The van der Waals surface area contributed by atoms with Gasteiger partial charge in [-0.2, -0.15) is 0 Å². The molecule has 0 spiro atoms. The third-order valence-corrected chi connectivity index (χ3v) is 4.21. The third-order valence-electron chi connectivity index (χ3n) is 4.21. The van der Waals surface area contributed by atoms with Crippen LogP contribution in [0, 0.1) is 0 Å². The molecule has 3 aliphatic heterocycles. The lowest BCUT2D eigenvalue weighted by Gasteiger charge is -2.22. The van der Waals surface area contributed by atoms with Crippen molar-refractivity contribution in [1.82, 2.24) is 0 Å². The fourth-order valence-electron chi connectivity index (χ4n) is 3.18. The number of hydrogen-bond donors (Lipinski definition) is 1. The minimum absolute atomic E-state index is 0.134. The minimum Gasteiger partial charge on any atom is -0.387 e. The molecule has 0 aliphatic carbocycles. The summed E-state index contributed by atoms with van der Waals surface area (Å²) >= 11 is 0. The monoisotopic (exact) mass is 305 g/mol. The molecule has 0 saturated carbocycles. The van der Waals surface area contributed by atoms with Gasteiger partial charge >= 0.3 is 0 Å². The lowest BCUT2D eigenvalue weighted by atomic mass is 9.99. The van der Waals surface area contributed by atoms with Crippen molar-refractivity contribution in [3.05, 3.63) is 35.9 Å². The van der Waals surface area contributed by atoms with E-state index in [1.807, 2.05) is 30.3 Å². The average Bonchev–Trinajstić information content (AvgIpc) is 3.15. The van der Waals surface area contributed by atoms with Crippen LogP contribution in [0.1, 0.15) is 31.9 Å². The minimum atomic E-state index is -0.802. The van der Waals surface area contributed by atoms with Crippen molar-refractivity contribution >= 4 is 5.71 Å². The van der Waals surface area contributed by atoms with Crippen molar-refractivity contribution in [2.45, 2.75) is 56.8 Å². The lowest BCUT2D eigenvalue weighted by molar-refractivity contribution is -0.207. The van der Waals surface area contributed by atoms with Gasteiger partial charge in [0.15, 0.2) is 18.2 Å². The van der Waals surface area contributed by atoms with Gasteiger partial charge in [0.2, 0.25) is 0 Å². The number of fused-ring (bicyclic) bond motifs is 1. The molecule has 1 aromatic rings.